The molecule has 0 spiro atoms. The Hall–Kier alpha value is -2.28. The lowest BCUT2D eigenvalue weighted by molar-refractivity contribution is -0.139. The first-order valence-corrected chi connectivity index (χ1v) is 7.08. The van der Waals surface area contributed by atoms with Gasteiger partial charge in [-0.05, 0) is 25.1 Å². The summed E-state index contributed by atoms with van der Waals surface area (Å²) in [7, 11) is 0. The molecule has 0 bridgehead atoms. The van der Waals surface area contributed by atoms with E-state index >= 15 is 0 Å². The monoisotopic (exact) mass is 305 g/mol. The van der Waals surface area contributed by atoms with Gasteiger partial charge in [0.15, 0.2) is 0 Å². The lowest BCUT2D eigenvalue weighted by Gasteiger charge is -2.33. The quantitative estimate of drug-likeness (QED) is 0.822. The van der Waals surface area contributed by atoms with Crippen LogP contribution in [-0.2, 0) is 16.1 Å². The molecule has 116 valence electrons. The first-order valence-electron chi connectivity index (χ1n) is 7.08. The highest BCUT2D eigenvalue weighted by Crippen LogP contribution is 2.10. The molecule has 1 aromatic carbocycles. The Kier molecular flexibility index (Phi) is 3.89. The van der Waals surface area contributed by atoms with Crippen molar-refractivity contribution in [2.24, 2.45) is 0 Å². The summed E-state index contributed by atoms with van der Waals surface area (Å²) in [6.45, 7) is 3.27. The zero-order chi connectivity index (χ0) is 15.7. The predicted octanol–water partition coefficient (Wildman–Crippen LogP) is 0.783. The molecule has 0 saturated carbocycles. The zero-order valence-corrected chi connectivity index (χ0v) is 12.2. The summed E-state index contributed by atoms with van der Waals surface area (Å²) in [4.78, 5) is 30.5. The van der Waals surface area contributed by atoms with Crippen molar-refractivity contribution >= 4 is 16.8 Å². The minimum Gasteiger partial charge on any atom is -0.377 e. The molecule has 0 radical (unpaired) electrons. The average molecular weight is 305 g/mol. The number of rotatable bonds is 2. The van der Waals surface area contributed by atoms with Gasteiger partial charge in [-0.3, -0.25) is 14.2 Å². The van der Waals surface area contributed by atoms with E-state index < -0.39 is 11.4 Å². The number of aromatic nitrogens is 2. The van der Waals surface area contributed by atoms with Crippen LogP contribution in [0, 0.1) is 5.82 Å². The normalized spacial score (nSPS) is 18.6. The molecule has 22 heavy (non-hydrogen) atoms. The van der Waals surface area contributed by atoms with Gasteiger partial charge < -0.3 is 9.64 Å². The molecular weight excluding hydrogens is 289 g/mol. The molecule has 2 heterocycles. The molecule has 1 saturated heterocycles. The number of benzene rings is 1. The summed E-state index contributed by atoms with van der Waals surface area (Å²) in [5, 5.41) is 0.172. The SMILES string of the molecule is C[C@@H]1COCCN1C(=O)Cn1cnc2ccc(F)cc2c1=O. The highest BCUT2D eigenvalue weighted by atomic mass is 19.1. The Morgan fingerprint density at radius 2 is 2.32 bits per heavy atom. The number of nitrogens with zero attached hydrogens (tertiary/aromatic N) is 3. The van der Waals surface area contributed by atoms with Crippen molar-refractivity contribution in [3.63, 3.8) is 0 Å². The van der Waals surface area contributed by atoms with Gasteiger partial charge in [-0.1, -0.05) is 0 Å². The first-order chi connectivity index (χ1) is 10.6. The molecule has 0 N–H and O–H groups in total. The number of amides is 1. The maximum Gasteiger partial charge on any atom is 0.261 e. The summed E-state index contributed by atoms with van der Waals surface area (Å²) in [5.74, 6) is -0.673. The molecule has 1 amide bonds. The fraction of sp³-hybridized carbons (Fsp3) is 0.400. The van der Waals surface area contributed by atoms with Crippen LogP contribution < -0.4 is 5.56 Å². The standard InChI is InChI=1S/C15H16FN3O3/c1-10-8-22-5-4-19(10)14(20)7-18-9-17-13-3-2-11(16)6-12(13)15(18)21/h2-3,6,9-10H,4-5,7-8H2,1H3/t10-/m1/s1. The molecule has 0 aliphatic carbocycles. The minimum absolute atomic E-state index is 0.0252. The number of carbonyl (C=O) groups is 1. The van der Waals surface area contributed by atoms with Crippen LogP contribution in [0.3, 0.4) is 0 Å². The Balaban J connectivity index is 1.89. The van der Waals surface area contributed by atoms with E-state index in [0.29, 0.717) is 25.3 Å². The topological polar surface area (TPSA) is 64.4 Å². The average Bonchev–Trinajstić information content (AvgIpc) is 2.51. The van der Waals surface area contributed by atoms with E-state index in [-0.39, 0.29) is 23.9 Å². The molecule has 7 heteroatoms. The third-order valence-electron chi connectivity index (χ3n) is 3.78. The van der Waals surface area contributed by atoms with Crippen molar-refractivity contribution in [2.45, 2.75) is 19.5 Å². The summed E-state index contributed by atoms with van der Waals surface area (Å²) in [6, 6.07) is 3.81. The van der Waals surface area contributed by atoms with Gasteiger partial charge in [-0.25, -0.2) is 9.37 Å². The smallest absolute Gasteiger partial charge is 0.261 e. The maximum atomic E-state index is 13.3. The molecule has 3 rings (SSSR count). The number of fused-ring (bicyclic) bond motifs is 1. The van der Waals surface area contributed by atoms with Crippen LogP contribution in [0.4, 0.5) is 4.39 Å². The van der Waals surface area contributed by atoms with E-state index in [4.69, 9.17) is 4.74 Å². The van der Waals surface area contributed by atoms with E-state index in [2.05, 4.69) is 4.98 Å². The van der Waals surface area contributed by atoms with E-state index in [0.717, 1.165) is 6.07 Å². The second-order valence-electron chi connectivity index (χ2n) is 5.35. The summed E-state index contributed by atoms with van der Waals surface area (Å²) < 4.78 is 19.8. The van der Waals surface area contributed by atoms with Crippen LogP contribution >= 0.6 is 0 Å². The highest BCUT2D eigenvalue weighted by molar-refractivity contribution is 5.79. The van der Waals surface area contributed by atoms with Crippen LogP contribution in [0.2, 0.25) is 0 Å². The molecule has 6 nitrogen and oxygen atoms in total. The lowest BCUT2D eigenvalue weighted by atomic mass is 10.2. The van der Waals surface area contributed by atoms with Crippen molar-refractivity contribution in [3.05, 3.63) is 40.7 Å². The molecule has 1 aliphatic rings. The predicted molar refractivity (Wildman–Crippen MR) is 78.0 cm³/mol. The Morgan fingerprint density at radius 1 is 1.50 bits per heavy atom. The van der Waals surface area contributed by atoms with Gasteiger partial charge in [-0.2, -0.15) is 0 Å². The summed E-state index contributed by atoms with van der Waals surface area (Å²) in [6.07, 6.45) is 1.32. The van der Waals surface area contributed by atoms with E-state index in [1.165, 1.54) is 23.0 Å². The van der Waals surface area contributed by atoms with Gasteiger partial charge in [0.2, 0.25) is 5.91 Å². The fourth-order valence-corrected chi connectivity index (χ4v) is 2.58. The number of halogens is 1. The molecular formula is C15H16FN3O3. The fourth-order valence-electron chi connectivity index (χ4n) is 2.58. The second kappa shape index (κ2) is 5.84. The Morgan fingerprint density at radius 3 is 3.09 bits per heavy atom. The van der Waals surface area contributed by atoms with E-state index in [1.807, 2.05) is 6.92 Å². The lowest BCUT2D eigenvalue weighted by Crippen LogP contribution is -2.48. The molecule has 1 atom stereocenters. The van der Waals surface area contributed by atoms with Crippen molar-refractivity contribution in [1.29, 1.82) is 0 Å². The first kappa shape index (κ1) is 14.6. The van der Waals surface area contributed by atoms with Crippen LogP contribution in [-0.4, -0.2) is 46.2 Å². The highest BCUT2D eigenvalue weighted by Gasteiger charge is 2.24. The van der Waals surface area contributed by atoms with Crippen molar-refractivity contribution in [2.75, 3.05) is 19.8 Å². The molecule has 1 aromatic heterocycles. The van der Waals surface area contributed by atoms with Crippen molar-refractivity contribution in [1.82, 2.24) is 14.5 Å². The van der Waals surface area contributed by atoms with Crippen LogP contribution in [0.15, 0.2) is 29.3 Å². The van der Waals surface area contributed by atoms with Gasteiger partial charge in [0.1, 0.15) is 12.4 Å². The van der Waals surface area contributed by atoms with E-state index in [9.17, 15) is 14.0 Å². The van der Waals surface area contributed by atoms with Gasteiger partial charge in [0, 0.05) is 6.54 Å². The number of ether oxygens (including phenoxy) is 1. The maximum absolute atomic E-state index is 13.3. The largest absolute Gasteiger partial charge is 0.377 e. The van der Waals surface area contributed by atoms with Crippen LogP contribution in [0.1, 0.15) is 6.92 Å². The Bertz CT molecular complexity index is 774. The van der Waals surface area contributed by atoms with Gasteiger partial charge in [0.25, 0.3) is 5.56 Å². The van der Waals surface area contributed by atoms with Crippen LogP contribution in [0.25, 0.3) is 10.9 Å². The summed E-state index contributed by atoms with van der Waals surface area (Å²) in [5.41, 5.74) is -0.00592. The molecule has 2 aromatic rings. The number of hydrogen-bond acceptors (Lipinski definition) is 4. The van der Waals surface area contributed by atoms with Gasteiger partial charge in [0.05, 0.1) is 36.5 Å². The third-order valence-corrected chi connectivity index (χ3v) is 3.78. The molecule has 1 fully saturated rings. The van der Waals surface area contributed by atoms with Gasteiger partial charge in [-0.15, -0.1) is 0 Å². The minimum atomic E-state index is -0.503. The van der Waals surface area contributed by atoms with Crippen molar-refractivity contribution < 1.29 is 13.9 Å². The number of carbonyl (C=O) groups excluding carboxylic acids is 1. The summed E-state index contributed by atoms with van der Waals surface area (Å²) >= 11 is 0. The second-order valence-corrected chi connectivity index (χ2v) is 5.35. The Labute approximate surface area is 126 Å². The van der Waals surface area contributed by atoms with Crippen molar-refractivity contribution in [3.8, 4) is 0 Å². The number of hydrogen-bond donors (Lipinski definition) is 0. The molecule has 1 aliphatic heterocycles. The zero-order valence-electron chi connectivity index (χ0n) is 12.2. The van der Waals surface area contributed by atoms with Gasteiger partial charge >= 0.3 is 0 Å². The number of morpholine rings is 1. The third kappa shape index (κ3) is 2.71. The van der Waals surface area contributed by atoms with Crippen LogP contribution in [0.5, 0.6) is 0 Å². The van der Waals surface area contributed by atoms with E-state index in [1.54, 1.807) is 4.90 Å². The molecule has 0 unspecified atom stereocenters.